The summed E-state index contributed by atoms with van der Waals surface area (Å²) in [6.07, 6.45) is 3.61. The number of fused-ring (bicyclic) bond motifs is 1. The van der Waals surface area contributed by atoms with Crippen molar-refractivity contribution in [3.63, 3.8) is 0 Å². The van der Waals surface area contributed by atoms with Crippen molar-refractivity contribution in [2.45, 2.75) is 4.90 Å². The summed E-state index contributed by atoms with van der Waals surface area (Å²) in [7, 11) is 0. The van der Waals surface area contributed by atoms with Crippen LogP contribution in [0.5, 0.6) is 0 Å². The highest BCUT2D eigenvalue weighted by molar-refractivity contribution is 7.99. The van der Waals surface area contributed by atoms with Crippen LogP contribution < -0.4 is 4.90 Å². The number of hydrogen-bond acceptors (Lipinski definition) is 3. The van der Waals surface area contributed by atoms with Crippen LogP contribution >= 0.6 is 11.8 Å². The molecule has 0 radical (unpaired) electrons. The van der Waals surface area contributed by atoms with Crippen molar-refractivity contribution in [3.05, 3.63) is 48.9 Å². The quantitative estimate of drug-likeness (QED) is 0.773. The first-order chi connectivity index (χ1) is 7.31. The van der Waals surface area contributed by atoms with Crippen molar-refractivity contribution in [2.75, 3.05) is 17.2 Å². The minimum absolute atomic E-state index is 0.401. The minimum atomic E-state index is 0.401. The molecule has 0 spiro atoms. The summed E-state index contributed by atoms with van der Waals surface area (Å²) >= 11 is 1.65. The Morgan fingerprint density at radius 3 is 3.07 bits per heavy atom. The van der Waals surface area contributed by atoms with Crippen molar-refractivity contribution in [2.24, 2.45) is 0 Å². The maximum absolute atomic E-state index is 9.62. The first-order valence-corrected chi connectivity index (χ1v) is 5.79. The Labute approximate surface area is 93.9 Å². The number of thioether (sulfide) groups is 1. The van der Waals surface area contributed by atoms with Gasteiger partial charge in [-0.1, -0.05) is 18.2 Å². The molecule has 0 aliphatic carbocycles. The monoisotopic (exact) mass is 219 g/mol. The largest absolute Gasteiger partial charge is 0.510 e. The number of para-hydroxylation sites is 1. The zero-order valence-corrected chi connectivity index (χ0v) is 9.20. The van der Waals surface area contributed by atoms with Crippen molar-refractivity contribution >= 4 is 17.4 Å². The lowest BCUT2D eigenvalue weighted by Crippen LogP contribution is -2.16. The summed E-state index contributed by atoms with van der Waals surface area (Å²) in [5, 5.41) is 9.62. The molecule has 3 heteroatoms. The Balaban J connectivity index is 2.41. The Bertz CT molecular complexity index is 400. The molecule has 1 aromatic carbocycles. The van der Waals surface area contributed by atoms with Crippen molar-refractivity contribution in [3.8, 4) is 0 Å². The van der Waals surface area contributed by atoms with Crippen LogP contribution in [-0.4, -0.2) is 17.4 Å². The molecule has 0 unspecified atom stereocenters. The summed E-state index contributed by atoms with van der Waals surface area (Å²) in [5.41, 5.74) is 1.13. The van der Waals surface area contributed by atoms with Gasteiger partial charge in [-0.2, -0.15) is 0 Å². The smallest absolute Gasteiger partial charge is 0.119 e. The van der Waals surface area contributed by atoms with Crippen LogP contribution in [0.4, 0.5) is 5.69 Å². The van der Waals surface area contributed by atoms with E-state index in [-0.39, 0.29) is 0 Å². The molecule has 2 rings (SSSR count). The zero-order chi connectivity index (χ0) is 10.7. The van der Waals surface area contributed by atoms with Gasteiger partial charge in [-0.3, -0.25) is 0 Å². The van der Waals surface area contributed by atoms with E-state index in [1.54, 1.807) is 18.0 Å². The molecule has 0 amide bonds. The first kappa shape index (κ1) is 10.2. The molecule has 0 aromatic heterocycles. The Kier molecular flexibility index (Phi) is 3.02. The molecular weight excluding hydrogens is 206 g/mol. The number of aliphatic hydroxyl groups is 1. The lowest BCUT2D eigenvalue weighted by atomic mass is 10.3. The number of aliphatic hydroxyl groups excluding tert-OH is 1. The second-order valence-electron chi connectivity index (χ2n) is 3.32. The molecule has 0 saturated heterocycles. The van der Waals surface area contributed by atoms with Crippen molar-refractivity contribution < 1.29 is 5.11 Å². The third kappa shape index (κ3) is 2.18. The van der Waals surface area contributed by atoms with Gasteiger partial charge in [0.25, 0.3) is 0 Å². The molecule has 2 nitrogen and oxygen atoms in total. The van der Waals surface area contributed by atoms with Gasteiger partial charge in [0, 0.05) is 17.6 Å². The zero-order valence-electron chi connectivity index (χ0n) is 8.39. The van der Waals surface area contributed by atoms with E-state index in [0.717, 1.165) is 5.69 Å². The molecule has 0 saturated carbocycles. The summed E-state index contributed by atoms with van der Waals surface area (Å²) in [6, 6.07) is 8.15. The Morgan fingerprint density at radius 1 is 1.47 bits per heavy atom. The van der Waals surface area contributed by atoms with Gasteiger partial charge in [0.1, 0.15) is 5.76 Å². The molecule has 0 fully saturated rings. The first-order valence-electron chi connectivity index (χ1n) is 4.80. The predicted octanol–water partition coefficient (Wildman–Crippen LogP) is 3.18. The van der Waals surface area contributed by atoms with Gasteiger partial charge in [0.2, 0.25) is 0 Å². The maximum atomic E-state index is 9.62. The normalized spacial score (nSPS) is 15.2. The third-order valence-corrected chi connectivity index (χ3v) is 3.28. The van der Waals surface area contributed by atoms with E-state index < -0.39 is 0 Å². The van der Waals surface area contributed by atoms with E-state index in [2.05, 4.69) is 18.7 Å². The lowest BCUT2D eigenvalue weighted by molar-refractivity contribution is 0.415. The topological polar surface area (TPSA) is 23.5 Å². The number of rotatable bonds is 2. The van der Waals surface area contributed by atoms with E-state index >= 15 is 0 Å². The molecule has 0 atom stereocenters. The summed E-state index contributed by atoms with van der Waals surface area (Å²) < 4.78 is 0. The van der Waals surface area contributed by atoms with E-state index in [1.807, 2.05) is 23.1 Å². The molecule has 1 aliphatic rings. The van der Waals surface area contributed by atoms with E-state index in [1.165, 1.54) is 4.90 Å². The van der Waals surface area contributed by atoms with Gasteiger partial charge in [0.15, 0.2) is 0 Å². The molecule has 15 heavy (non-hydrogen) atoms. The van der Waals surface area contributed by atoms with Gasteiger partial charge >= 0.3 is 0 Å². The molecule has 1 aliphatic heterocycles. The molecule has 78 valence electrons. The van der Waals surface area contributed by atoms with Crippen molar-refractivity contribution in [1.29, 1.82) is 0 Å². The fourth-order valence-corrected chi connectivity index (χ4v) is 2.43. The minimum Gasteiger partial charge on any atom is -0.510 e. The number of anilines is 1. The van der Waals surface area contributed by atoms with Gasteiger partial charge in [0.05, 0.1) is 11.4 Å². The fraction of sp³-hybridized carbons (Fsp3) is 0.167. The lowest BCUT2D eigenvalue weighted by Gasteiger charge is -2.19. The molecule has 0 bridgehead atoms. The van der Waals surface area contributed by atoms with Crippen LogP contribution in [0.3, 0.4) is 0 Å². The van der Waals surface area contributed by atoms with Crippen LogP contribution in [0.2, 0.25) is 0 Å². The standard InChI is InChI=1S/C12H13NOS/c1-2-7-13-8-10(14)9-15-12-6-4-3-5-11(12)13/h2-6,8,14H,1,7,9H2. The second kappa shape index (κ2) is 4.45. The van der Waals surface area contributed by atoms with Gasteiger partial charge in [-0.15, -0.1) is 18.3 Å². The SMILES string of the molecule is C=CCN1C=C(O)CSc2ccccc21. The van der Waals surface area contributed by atoms with Crippen LogP contribution in [0.15, 0.2) is 53.8 Å². The number of nitrogens with zero attached hydrogens (tertiary/aromatic N) is 1. The fourth-order valence-electron chi connectivity index (χ4n) is 1.55. The van der Waals surface area contributed by atoms with Crippen LogP contribution in [0.25, 0.3) is 0 Å². The van der Waals surface area contributed by atoms with E-state index in [4.69, 9.17) is 0 Å². The maximum Gasteiger partial charge on any atom is 0.119 e. The third-order valence-electron chi connectivity index (χ3n) is 2.18. The molecule has 1 aromatic rings. The highest BCUT2D eigenvalue weighted by Crippen LogP contribution is 2.33. The Hall–Kier alpha value is -1.35. The van der Waals surface area contributed by atoms with E-state index in [0.29, 0.717) is 18.1 Å². The van der Waals surface area contributed by atoms with Gasteiger partial charge < -0.3 is 10.0 Å². The summed E-state index contributed by atoms with van der Waals surface area (Å²) in [4.78, 5) is 3.21. The highest BCUT2D eigenvalue weighted by Gasteiger charge is 2.13. The summed E-state index contributed by atoms with van der Waals surface area (Å²) in [6.45, 7) is 4.43. The molecule has 1 heterocycles. The predicted molar refractivity (Wildman–Crippen MR) is 65.4 cm³/mol. The van der Waals surface area contributed by atoms with Gasteiger partial charge in [-0.25, -0.2) is 0 Å². The van der Waals surface area contributed by atoms with Gasteiger partial charge in [-0.05, 0) is 12.1 Å². The average Bonchev–Trinajstić information content (AvgIpc) is 2.40. The molecular formula is C12H13NOS. The number of benzene rings is 1. The highest BCUT2D eigenvalue weighted by atomic mass is 32.2. The van der Waals surface area contributed by atoms with Crippen molar-refractivity contribution in [1.82, 2.24) is 0 Å². The van der Waals surface area contributed by atoms with Crippen LogP contribution in [0, 0.1) is 0 Å². The van der Waals surface area contributed by atoms with Crippen LogP contribution in [-0.2, 0) is 0 Å². The Morgan fingerprint density at radius 2 is 2.27 bits per heavy atom. The molecule has 1 N–H and O–H groups in total. The summed E-state index contributed by atoms with van der Waals surface area (Å²) in [5.74, 6) is 1.03. The van der Waals surface area contributed by atoms with Crippen LogP contribution in [0.1, 0.15) is 0 Å². The van der Waals surface area contributed by atoms with E-state index in [9.17, 15) is 5.11 Å². The second-order valence-corrected chi connectivity index (χ2v) is 4.34. The number of hydrogen-bond donors (Lipinski definition) is 1. The average molecular weight is 219 g/mol.